The zero-order chi connectivity index (χ0) is 60.5. The van der Waals surface area contributed by atoms with Crippen molar-refractivity contribution in [2.45, 2.75) is 341 Å². The van der Waals surface area contributed by atoms with E-state index in [1.807, 2.05) is 27.2 Å². The van der Waals surface area contributed by atoms with E-state index in [-0.39, 0.29) is 19.1 Å². The Kier molecular flexibility index (Phi) is 62.4. The summed E-state index contributed by atoms with van der Waals surface area (Å²) < 4.78 is 23.8. The number of nitrogens with one attached hydrogen (secondary N) is 1. The van der Waals surface area contributed by atoms with Crippen molar-refractivity contribution in [1.29, 1.82) is 0 Å². The summed E-state index contributed by atoms with van der Waals surface area (Å²) in [5, 5.41) is 14.0. The van der Waals surface area contributed by atoms with Gasteiger partial charge in [-0.2, -0.15) is 0 Å². The number of unbranched alkanes of at least 4 members (excludes halogenated alkanes) is 40. The fraction of sp³-hybridized carbons (Fsp3) is 0.797. The van der Waals surface area contributed by atoms with Crippen LogP contribution >= 0.6 is 7.82 Å². The van der Waals surface area contributed by atoms with Crippen molar-refractivity contribution in [3.05, 3.63) is 85.1 Å². The molecular weight excluding hydrogens is 1040 g/mol. The Morgan fingerprint density at radius 2 is 0.735 bits per heavy atom. The van der Waals surface area contributed by atoms with Gasteiger partial charge in [-0.05, 0) is 83.5 Å². The average molecular weight is 1180 g/mol. The van der Waals surface area contributed by atoms with Gasteiger partial charge in [-0.3, -0.25) is 13.8 Å². The second-order valence-corrected chi connectivity index (χ2v) is 26.7. The molecule has 0 saturated heterocycles. The van der Waals surface area contributed by atoms with Crippen molar-refractivity contribution in [3.8, 4) is 0 Å². The molecule has 0 rings (SSSR count). The number of nitrogens with zero attached hydrogens (tertiary/aromatic N) is 1. The van der Waals surface area contributed by atoms with Crippen molar-refractivity contribution in [1.82, 2.24) is 5.32 Å². The van der Waals surface area contributed by atoms with E-state index >= 15 is 0 Å². The Morgan fingerprint density at radius 1 is 0.422 bits per heavy atom. The zero-order valence-electron chi connectivity index (χ0n) is 55.4. The Hall–Kier alpha value is -2.32. The molecule has 0 aliphatic carbocycles. The van der Waals surface area contributed by atoms with Gasteiger partial charge in [-0.25, -0.2) is 4.57 Å². The largest absolute Gasteiger partial charge is 0.472 e. The SMILES string of the molecule is CC/C=C\C/C=C\C/C=C\C/C=C\CCCCCCCCCCCCCCCCCCCCCCCCCCC(=O)NC(COP(=O)(O)OCC[N+](C)(C)C)C(O)/C=C/CC/C=C/CC/C=C/CCCCCCCCCCCCCCCC. The van der Waals surface area contributed by atoms with Crippen molar-refractivity contribution in [3.63, 3.8) is 0 Å². The minimum Gasteiger partial charge on any atom is -0.387 e. The number of carbonyl (C=O) groups excluding carboxylic acids is 1. The lowest BCUT2D eigenvalue weighted by Crippen LogP contribution is -2.45. The lowest BCUT2D eigenvalue weighted by molar-refractivity contribution is -0.870. The van der Waals surface area contributed by atoms with Gasteiger partial charge in [0.25, 0.3) is 0 Å². The highest BCUT2D eigenvalue weighted by Crippen LogP contribution is 2.43. The van der Waals surface area contributed by atoms with E-state index in [4.69, 9.17) is 9.05 Å². The van der Waals surface area contributed by atoms with Gasteiger partial charge in [0.2, 0.25) is 5.91 Å². The summed E-state index contributed by atoms with van der Waals surface area (Å²) in [5.41, 5.74) is 0. The van der Waals surface area contributed by atoms with Gasteiger partial charge in [0, 0.05) is 6.42 Å². The standard InChI is InChI=1S/C74H137N2O6P/c1-6-8-10-12-14-16-18-20-22-24-26-28-30-32-33-34-35-36-37-38-39-40-41-42-43-44-46-48-50-52-54-56-58-60-62-64-66-68-74(78)75-72(71-82-83(79,80)81-70-69-76(3,4)5)73(77)67-65-63-61-59-57-55-53-51-49-47-45-31-29-27-25-23-21-19-17-15-13-11-9-7-2/h8,10,14,16,20,22,26,28,49,51,57,59,65,67,72-73,77H,6-7,9,11-13,15,17-19,21,23-25,27,29-48,50,52-56,58,60-64,66,68-71H2,1-5H3,(H-,75,78,79,80)/p+1/b10-8-,16-14-,22-20-,28-26-,51-49+,59-57+,67-65+. The summed E-state index contributed by atoms with van der Waals surface area (Å²) in [5.74, 6) is -0.187. The molecule has 3 N–H and O–H groups in total. The van der Waals surface area contributed by atoms with Gasteiger partial charge in [-0.15, -0.1) is 0 Å². The molecule has 9 heteroatoms. The summed E-state index contributed by atoms with van der Waals surface area (Å²) in [4.78, 5) is 23.4. The number of amides is 1. The van der Waals surface area contributed by atoms with Crippen LogP contribution in [0, 0.1) is 0 Å². The number of phosphoric ester groups is 1. The monoisotopic (exact) mass is 1180 g/mol. The van der Waals surface area contributed by atoms with Gasteiger partial charge >= 0.3 is 7.82 Å². The van der Waals surface area contributed by atoms with Gasteiger partial charge < -0.3 is 19.8 Å². The molecule has 0 aliphatic heterocycles. The average Bonchev–Trinajstić information content (AvgIpc) is 3.50. The van der Waals surface area contributed by atoms with E-state index in [0.29, 0.717) is 17.4 Å². The Bertz CT molecular complexity index is 1630. The maximum Gasteiger partial charge on any atom is 0.472 e. The summed E-state index contributed by atoms with van der Waals surface area (Å²) in [6.45, 7) is 4.71. The second kappa shape index (κ2) is 64.2. The van der Waals surface area contributed by atoms with E-state index in [9.17, 15) is 19.4 Å². The number of hydrogen-bond acceptors (Lipinski definition) is 5. The number of allylic oxidation sites excluding steroid dienone is 13. The number of aliphatic hydroxyl groups excluding tert-OH is 1. The van der Waals surface area contributed by atoms with Gasteiger partial charge in [0.05, 0.1) is 39.9 Å². The Labute approximate surface area is 516 Å². The number of quaternary nitrogens is 1. The maximum absolute atomic E-state index is 13.0. The third-order valence-corrected chi connectivity index (χ3v) is 16.8. The van der Waals surface area contributed by atoms with Crippen LogP contribution in [0.2, 0.25) is 0 Å². The van der Waals surface area contributed by atoms with E-state index in [1.54, 1.807) is 6.08 Å². The minimum absolute atomic E-state index is 0.0529. The van der Waals surface area contributed by atoms with Crippen molar-refractivity contribution >= 4 is 13.7 Å². The van der Waals surface area contributed by atoms with Crippen LogP contribution in [0.3, 0.4) is 0 Å². The molecular formula is C74H138N2O6P+. The molecule has 8 nitrogen and oxygen atoms in total. The molecule has 3 unspecified atom stereocenters. The number of hydrogen-bond donors (Lipinski definition) is 3. The number of rotatable bonds is 65. The van der Waals surface area contributed by atoms with Gasteiger partial charge in [0.1, 0.15) is 13.2 Å². The van der Waals surface area contributed by atoms with E-state index in [0.717, 1.165) is 70.6 Å². The molecule has 83 heavy (non-hydrogen) atoms. The first-order valence-electron chi connectivity index (χ1n) is 35.5. The third-order valence-electron chi connectivity index (χ3n) is 15.8. The molecule has 0 fully saturated rings. The molecule has 0 aromatic rings. The van der Waals surface area contributed by atoms with Gasteiger partial charge in [0.15, 0.2) is 0 Å². The summed E-state index contributed by atoms with van der Waals surface area (Å²) >= 11 is 0. The predicted octanol–water partition coefficient (Wildman–Crippen LogP) is 22.7. The Balaban J connectivity index is 4.04. The molecule has 0 aliphatic rings. The number of phosphoric acid groups is 1. The van der Waals surface area contributed by atoms with Crippen LogP contribution in [0.25, 0.3) is 0 Å². The summed E-state index contributed by atoms with van der Waals surface area (Å²) in [6, 6.07) is -0.873. The summed E-state index contributed by atoms with van der Waals surface area (Å²) in [6.07, 6.45) is 91.8. The predicted molar refractivity (Wildman–Crippen MR) is 364 cm³/mol. The zero-order valence-corrected chi connectivity index (χ0v) is 56.3. The molecule has 0 aromatic heterocycles. The first-order chi connectivity index (χ1) is 40.5. The molecule has 0 saturated carbocycles. The van der Waals surface area contributed by atoms with Crippen LogP contribution in [-0.4, -0.2) is 73.4 Å². The number of likely N-dealkylation sites (N-methyl/N-ethyl adjacent to an activating group) is 1. The lowest BCUT2D eigenvalue weighted by Gasteiger charge is -2.25. The molecule has 0 radical (unpaired) electrons. The van der Waals surface area contributed by atoms with E-state index in [1.165, 1.54) is 238 Å². The van der Waals surface area contributed by atoms with Crippen molar-refractivity contribution in [2.24, 2.45) is 0 Å². The fourth-order valence-electron chi connectivity index (χ4n) is 10.4. The highest BCUT2D eigenvalue weighted by atomic mass is 31.2. The first-order valence-corrected chi connectivity index (χ1v) is 37.0. The van der Waals surface area contributed by atoms with E-state index < -0.39 is 20.0 Å². The van der Waals surface area contributed by atoms with Crippen LogP contribution in [0.5, 0.6) is 0 Å². The molecule has 0 aromatic carbocycles. The molecule has 0 heterocycles. The van der Waals surface area contributed by atoms with Crippen LogP contribution in [-0.2, 0) is 18.4 Å². The number of aliphatic hydroxyl groups is 1. The highest BCUT2D eigenvalue weighted by molar-refractivity contribution is 7.47. The van der Waals surface area contributed by atoms with Crippen LogP contribution < -0.4 is 5.32 Å². The first kappa shape index (κ1) is 80.7. The summed E-state index contributed by atoms with van der Waals surface area (Å²) in [7, 11) is 1.55. The van der Waals surface area contributed by atoms with Crippen molar-refractivity contribution < 1.29 is 32.9 Å². The number of carbonyl (C=O) groups is 1. The fourth-order valence-corrected chi connectivity index (χ4v) is 11.1. The quantitative estimate of drug-likeness (QED) is 0.0243. The van der Waals surface area contributed by atoms with Crippen LogP contribution in [0.1, 0.15) is 328 Å². The van der Waals surface area contributed by atoms with Crippen LogP contribution in [0.15, 0.2) is 85.1 Å². The molecule has 484 valence electrons. The maximum atomic E-state index is 13.0. The molecule has 0 bridgehead atoms. The van der Waals surface area contributed by atoms with E-state index in [2.05, 4.69) is 92.1 Å². The molecule has 3 atom stereocenters. The molecule has 1 amide bonds. The Morgan fingerprint density at radius 3 is 1.11 bits per heavy atom. The van der Waals surface area contributed by atoms with Gasteiger partial charge in [-0.1, -0.05) is 324 Å². The van der Waals surface area contributed by atoms with Crippen LogP contribution in [0.4, 0.5) is 0 Å². The highest BCUT2D eigenvalue weighted by Gasteiger charge is 2.28. The topological polar surface area (TPSA) is 105 Å². The second-order valence-electron chi connectivity index (χ2n) is 25.2. The molecule has 0 spiro atoms. The minimum atomic E-state index is -4.37. The lowest BCUT2D eigenvalue weighted by atomic mass is 10.0. The normalized spacial score (nSPS) is 14.2. The third kappa shape index (κ3) is 67.1. The van der Waals surface area contributed by atoms with Crippen molar-refractivity contribution in [2.75, 3.05) is 40.9 Å². The smallest absolute Gasteiger partial charge is 0.387 e.